The molecule has 0 bridgehead atoms. The van der Waals surface area contributed by atoms with Crippen molar-refractivity contribution in [1.82, 2.24) is 4.90 Å². The highest BCUT2D eigenvalue weighted by molar-refractivity contribution is 5.87. The molecule has 0 spiro atoms. The van der Waals surface area contributed by atoms with Gasteiger partial charge in [-0.25, -0.2) is 4.79 Å². The molecule has 4 rings (SSSR count). The van der Waals surface area contributed by atoms with Crippen molar-refractivity contribution in [2.24, 2.45) is 5.92 Å². The Kier molecular flexibility index (Phi) is 9.15. The molecule has 8 heteroatoms. The first-order valence-electron chi connectivity index (χ1n) is 13.6. The van der Waals surface area contributed by atoms with Crippen LogP contribution in [-0.2, 0) is 25.5 Å². The van der Waals surface area contributed by atoms with Crippen LogP contribution < -0.4 is 14.8 Å². The lowest BCUT2D eigenvalue weighted by atomic mass is 9.91. The minimum Gasteiger partial charge on any atom is -0.497 e. The van der Waals surface area contributed by atoms with Gasteiger partial charge in [-0.1, -0.05) is 18.2 Å². The summed E-state index contributed by atoms with van der Waals surface area (Å²) >= 11 is 0. The van der Waals surface area contributed by atoms with Gasteiger partial charge in [0.25, 0.3) is 0 Å². The van der Waals surface area contributed by atoms with E-state index >= 15 is 0 Å². The van der Waals surface area contributed by atoms with Gasteiger partial charge in [0.05, 0.1) is 19.6 Å². The average molecular weight is 525 g/mol. The molecule has 2 fully saturated rings. The van der Waals surface area contributed by atoms with Crippen molar-refractivity contribution in [1.29, 1.82) is 0 Å². The van der Waals surface area contributed by atoms with Crippen molar-refractivity contribution in [3.63, 3.8) is 0 Å². The van der Waals surface area contributed by atoms with Crippen molar-refractivity contribution in [3.05, 3.63) is 54.1 Å². The Morgan fingerprint density at radius 3 is 2.50 bits per heavy atom. The van der Waals surface area contributed by atoms with E-state index in [0.717, 1.165) is 42.9 Å². The molecule has 2 aromatic carbocycles. The van der Waals surface area contributed by atoms with E-state index in [1.807, 2.05) is 60.4 Å². The zero-order valence-corrected chi connectivity index (χ0v) is 22.9. The first kappa shape index (κ1) is 27.8. The quantitative estimate of drug-likeness (QED) is 0.422. The Morgan fingerprint density at radius 2 is 1.87 bits per heavy atom. The Labute approximate surface area is 225 Å². The summed E-state index contributed by atoms with van der Waals surface area (Å²) in [6.45, 7) is 7.26. The smallest absolute Gasteiger partial charge is 0.338 e. The number of cyclic esters (lactones) is 1. The minimum absolute atomic E-state index is 0.0313. The maximum Gasteiger partial charge on any atom is 0.338 e. The normalized spacial score (nSPS) is 20.1. The maximum atomic E-state index is 13.7. The number of nitrogens with zero attached hydrogens (tertiary/aromatic N) is 1. The number of amides is 1. The van der Waals surface area contributed by atoms with Crippen LogP contribution in [0, 0.1) is 5.92 Å². The molecule has 206 valence electrons. The van der Waals surface area contributed by atoms with Gasteiger partial charge in [-0.05, 0) is 68.9 Å². The molecule has 2 aromatic rings. The zero-order valence-electron chi connectivity index (χ0n) is 22.9. The van der Waals surface area contributed by atoms with E-state index in [9.17, 15) is 9.59 Å². The van der Waals surface area contributed by atoms with Gasteiger partial charge in [0.2, 0.25) is 11.7 Å². The summed E-state index contributed by atoms with van der Waals surface area (Å²) in [7, 11) is 1.66. The van der Waals surface area contributed by atoms with Crippen LogP contribution in [0.4, 0.5) is 5.69 Å². The van der Waals surface area contributed by atoms with Crippen LogP contribution in [-0.4, -0.2) is 61.5 Å². The van der Waals surface area contributed by atoms with Crippen LogP contribution in [0.15, 0.2) is 48.5 Å². The molecular formula is C30H40N2O6. The molecular weight excluding hydrogens is 484 g/mol. The number of carbonyl (C=O) groups excluding carboxylic acids is 2. The number of aryl methyl sites for hydroxylation is 1. The third kappa shape index (κ3) is 7.19. The number of benzene rings is 2. The van der Waals surface area contributed by atoms with Crippen LogP contribution in [0.2, 0.25) is 0 Å². The molecule has 0 saturated carbocycles. The summed E-state index contributed by atoms with van der Waals surface area (Å²) < 4.78 is 22.2. The van der Waals surface area contributed by atoms with Crippen molar-refractivity contribution in [3.8, 4) is 11.5 Å². The van der Waals surface area contributed by atoms with E-state index in [1.54, 1.807) is 21.0 Å². The standard InChI is InChI=1S/C30H40N2O6/c1-5-36-24-14-12-21(13-15-24)8-6-11-26(27-29(34)38-30(2,3)37-27)28(33)32-18-16-22(17-19-32)31-23-9-7-10-25(20-23)35-4/h7,9-10,12-15,20,22,26-27,31H,5-6,8,11,16-19H2,1-4H3/t26-,27+/m1/s1. The van der Waals surface area contributed by atoms with E-state index < -0.39 is 23.8 Å². The monoisotopic (exact) mass is 524 g/mol. The van der Waals surface area contributed by atoms with Crippen molar-refractivity contribution in [2.45, 2.75) is 70.8 Å². The summed E-state index contributed by atoms with van der Waals surface area (Å²) in [6.07, 6.45) is 2.86. The third-order valence-corrected chi connectivity index (χ3v) is 7.13. The molecule has 2 heterocycles. The highest BCUT2D eigenvalue weighted by Gasteiger charge is 2.48. The number of likely N-dealkylation sites (tertiary alicyclic amines) is 1. The second-order valence-electron chi connectivity index (χ2n) is 10.4. The summed E-state index contributed by atoms with van der Waals surface area (Å²) in [4.78, 5) is 28.3. The molecule has 2 aliphatic rings. The first-order chi connectivity index (χ1) is 18.3. The molecule has 0 unspecified atom stereocenters. The highest BCUT2D eigenvalue weighted by Crippen LogP contribution is 2.32. The number of nitrogens with one attached hydrogen (secondary N) is 1. The SMILES string of the molecule is CCOc1ccc(CCC[C@@H](C(=O)N2CCC(Nc3cccc(OC)c3)CC2)[C@@H]2OC(C)(C)OC2=O)cc1. The number of methoxy groups -OCH3 is 1. The van der Waals surface area contributed by atoms with Crippen LogP contribution in [0.3, 0.4) is 0 Å². The van der Waals surface area contributed by atoms with Gasteiger partial charge in [0, 0.05) is 44.7 Å². The summed E-state index contributed by atoms with van der Waals surface area (Å²) in [5.41, 5.74) is 2.17. The number of anilines is 1. The van der Waals surface area contributed by atoms with E-state index in [2.05, 4.69) is 5.32 Å². The van der Waals surface area contributed by atoms with Crippen LogP contribution in [0.5, 0.6) is 11.5 Å². The fourth-order valence-electron chi connectivity index (χ4n) is 5.20. The second kappa shape index (κ2) is 12.5. The summed E-state index contributed by atoms with van der Waals surface area (Å²) in [5, 5.41) is 3.56. The first-order valence-corrected chi connectivity index (χ1v) is 13.6. The molecule has 0 radical (unpaired) electrons. The number of esters is 1. The van der Waals surface area contributed by atoms with Crippen molar-refractivity contribution < 1.29 is 28.5 Å². The highest BCUT2D eigenvalue weighted by atomic mass is 16.8. The number of rotatable bonds is 11. The second-order valence-corrected chi connectivity index (χ2v) is 10.4. The van der Waals surface area contributed by atoms with E-state index in [4.69, 9.17) is 18.9 Å². The molecule has 2 aliphatic heterocycles. The molecule has 8 nitrogen and oxygen atoms in total. The number of piperidine rings is 1. The summed E-state index contributed by atoms with van der Waals surface area (Å²) in [5.74, 6) is -0.432. The Hall–Kier alpha value is -3.26. The lowest BCUT2D eigenvalue weighted by Crippen LogP contribution is -2.48. The van der Waals surface area contributed by atoms with Crippen molar-refractivity contribution >= 4 is 17.6 Å². The van der Waals surface area contributed by atoms with Crippen LogP contribution in [0.25, 0.3) is 0 Å². The minimum atomic E-state index is -1.02. The molecule has 0 aromatic heterocycles. The topological polar surface area (TPSA) is 86.3 Å². The fraction of sp³-hybridized carbons (Fsp3) is 0.533. The number of hydrogen-bond acceptors (Lipinski definition) is 7. The zero-order chi connectivity index (χ0) is 27.1. The van der Waals surface area contributed by atoms with Crippen molar-refractivity contribution in [2.75, 3.05) is 32.1 Å². The summed E-state index contributed by atoms with van der Waals surface area (Å²) in [6, 6.07) is 16.1. The Morgan fingerprint density at radius 1 is 1.13 bits per heavy atom. The van der Waals surface area contributed by atoms with E-state index in [-0.39, 0.29) is 11.9 Å². The lowest BCUT2D eigenvalue weighted by Gasteiger charge is -2.35. The van der Waals surface area contributed by atoms with Gasteiger partial charge < -0.3 is 29.2 Å². The number of carbonyl (C=O) groups is 2. The van der Waals surface area contributed by atoms with Gasteiger partial charge in [0.1, 0.15) is 11.5 Å². The molecule has 2 atom stereocenters. The predicted molar refractivity (Wildman–Crippen MR) is 145 cm³/mol. The lowest BCUT2D eigenvalue weighted by molar-refractivity contribution is -0.163. The van der Waals surface area contributed by atoms with Gasteiger partial charge in [-0.3, -0.25) is 4.79 Å². The maximum absolute atomic E-state index is 13.7. The van der Waals surface area contributed by atoms with Gasteiger partial charge in [0.15, 0.2) is 6.10 Å². The Balaban J connectivity index is 1.36. The molecule has 0 aliphatic carbocycles. The fourth-order valence-corrected chi connectivity index (χ4v) is 5.20. The van der Waals surface area contributed by atoms with Gasteiger partial charge in [-0.2, -0.15) is 0 Å². The largest absolute Gasteiger partial charge is 0.497 e. The van der Waals surface area contributed by atoms with E-state index in [0.29, 0.717) is 26.1 Å². The van der Waals surface area contributed by atoms with Gasteiger partial charge in [-0.15, -0.1) is 0 Å². The van der Waals surface area contributed by atoms with Gasteiger partial charge >= 0.3 is 5.97 Å². The molecule has 1 amide bonds. The average Bonchev–Trinajstić information content (AvgIpc) is 3.19. The van der Waals surface area contributed by atoms with Crippen LogP contribution >= 0.6 is 0 Å². The van der Waals surface area contributed by atoms with E-state index in [1.165, 1.54) is 5.56 Å². The Bertz CT molecular complexity index is 1080. The molecule has 38 heavy (non-hydrogen) atoms. The molecule has 1 N–H and O–H groups in total. The third-order valence-electron chi connectivity index (χ3n) is 7.13. The number of ether oxygens (including phenoxy) is 4. The molecule has 2 saturated heterocycles. The van der Waals surface area contributed by atoms with Crippen LogP contribution in [0.1, 0.15) is 52.0 Å². The predicted octanol–water partition coefficient (Wildman–Crippen LogP) is 4.81. The number of hydrogen-bond donors (Lipinski definition) is 1.